The van der Waals surface area contributed by atoms with E-state index in [1.165, 1.54) is 38.4 Å². The van der Waals surface area contributed by atoms with Crippen molar-refractivity contribution in [3.8, 4) is 11.5 Å². The largest absolute Gasteiger partial charge is 0.457 e. The molecule has 2 saturated carbocycles. The van der Waals surface area contributed by atoms with Gasteiger partial charge in [-0.2, -0.15) is 0 Å². The maximum atomic E-state index is 13.3. The van der Waals surface area contributed by atoms with E-state index in [9.17, 15) is 4.79 Å². The van der Waals surface area contributed by atoms with E-state index in [-0.39, 0.29) is 23.0 Å². The van der Waals surface area contributed by atoms with Crippen molar-refractivity contribution in [1.82, 2.24) is 19.8 Å². The molecule has 47 heavy (non-hydrogen) atoms. The zero-order chi connectivity index (χ0) is 32.5. The summed E-state index contributed by atoms with van der Waals surface area (Å²) >= 11 is 0. The van der Waals surface area contributed by atoms with Crippen molar-refractivity contribution in [3.63, 3.8) is 0 Å². The Bertz CT molecular complexity index is 1550. The Labute approximate surface area is 278 Å². The highest BCUT2D eigenvalue weighted by Gasteiger charge is 2.44. The number of likely N-dealkylation sites (tertiary alicyclic amines) is 2. The topological polar surface area (TPSA) is 120 Å². The number of hydrogen-bond donors (Lipinski definition) is 3. The number of amides is 1. The van der Waals surface area contributed by atoms with Gasteiger partial charge < -0.3 is 20.7 Å². The minimum absolute atomic E-state index is 0.180. The smallest absolute Gasteiger partial charge is 0.223 e. The number of nitrogens with two attached hydrogens (primary N) is 1. The van der Waals surface area contributed by atoms with Crippen LogP contribution >= 0.6 is 0 Å². The molecule has 248 valence electrons. The molecule has 4 fully saturated rings. The van der Waals surface area contributed by atoms with Crippen LogP contribution in [0.25, 0.3) is 0 Å². The van der Waals surface area contributed by atoms with Crippen LogP contribution < -0.4 is 15.8 Å². The summed E-state index contributed by atoms with van der Waals surface area (Å²) in [5, 5.41) is 12.6. The van der Waals surface area contributed by atoms with Gasteiger partial charge in [0.1, 0.15) is 29.5 Å². The lowest BCUT2D eigenvalue weighted by molar-refractivity contribution is -0.142. The summed E-state index contributed by atoms with van der Waals surface area (Å²) in [5.41, 5.74) is 8.00. The number of nitrogen functional groups attached to an aromatic ring is 1. The summed E-state index contributed by atoms with van der Waals surface area (Å²) in [6.07, 6.45) is 10.7. The van der Waals surface area contributed by atoms with Gasteiger partial charge in [-0.25, -0.2) is 9.97 Å². The Morgan fingerprint density at radius 3 is 2.32 bits per heavy atom. The molecule has 2 saturated heterocycles. The molecule has 4 N–H and O–H groups in total. The summed E-state index contributed by atoms with van der Waals surface area (Å²) < 4.78 is 5.92. The predicted octanol–water partition coefficient (Wildman–Crippen LogP) is 6.60. The van der Waals surface area contributed by atoms with Crippen LogP contribution in [0.3, 0.4) is 0 Å². The van der Waals surface area contributed by atoms with Crippen molar-refractivity contribution >= 4 is 23.3 Å². The van der Waals surface area contributed by atoms with E-state index in [1.54, 1.807) is 0 Å². The third kappa shape index (κ3) is 7.15. The van der Waals surface area contributed by atoms with Gasteiger partial charge in [-0.05, 0) is 105 Å². The van der Waals surface area contributed by atoms with E-state index in [0.717, 1.165) is 68.9 Å². The lowest BCUT2D eigenvalue weighted by Crippen LogP contribution is -2.63. The zero-order valence-corrected chi connectivity index (χ0v) is 27.8. The fraction of sp³-hybridized carbons (Fsp3) is 0.526. The number of carbonyl (C=O) groups is 1. The number of rotatable bonds is 9. The van der Waals surface area contributed by atoms with E-state index in [1.807, 2.05) is 54.6 Å². The summed E-state index contributed by atoms with van der Waals surface area (Å²) in [5.74, 6) is 5.20. The minimum Gasteiger partial charge on any atom is -0.457 e. The van der Waals surface area contributed by atoms with E-state index in [2.05, 4.69) is 38.9 Å². The van der Waals surface area contributed by atoms with Crippen LogP contribution in [0.4, 0.5) is 11.6 Å². The molecule has 2 atom stereocenters. The monoisotopic (exact) mass is 635 g/mol. The Hall–Kier alpha value is -3.98. The highest BCUT2D eigenvalue weighted by Crippen LogP contribution is 2.52. The molecule has 2 unspecified atom stereocenters. The van der Waals surface area contributed by atoms with Crippen LogP contribution in [0.15, 0.2) is 60.9 Å². The molecule has 9 heteroatoms. The van der Waals surface area contributed by atoms with Crippen LogP contribution in [0, 0.1) is 28.6 Å². The van der Waals surface area contributed by atoms with Gasteiger partial charge >= 0.3 is 0 Å². The molecule has 2 aromatic carbocycles. The number of benzene rings is 2. The summed E-state index contributed by atoms with van der Waals surface area (Å²) in [6.45, 7) is 8.45. The second-order valence-corrected chi connectivity index (χ2v) is 15.1. The lowest BCUT2D eigenvalue weighted by Gasteiger charge is -2.50. The third-order valence-electron chi connectivity index (χ3n) is 11.1. The quantitative estimate of drug-likeness (QED) is 0.227. The first-order valence-electron chi connectivity index (χ1n) is 17.5. The molecule has 4 aliphatic rings. The summed E-state index contributed by atoms with van der Waals surface area (Å²) in [4.78, 5) is 26.7. The minimum atomic E-state index is 0.180. The number of nitrogens with one attached hydrogen (secondary N) is 2. The summed E-state index contributed by atoms with van der Waals surface area (Å²) in [7, 11) is 0. The van der Waals surface area contributed by atoms with Gasteiger partial charge in [-0.1, -0.05) is 32.0 Å². The van der Waals surface area contributed by atoms with Gasteiger partial charge in [0.25, 0.3) is 0 Å². The van der Waals surface area contributed by atoms with Gasteiger partial charge in [-0.3, -0.25) is 15.1 Å². The van der Waals surface area contributed by atoms with Crippen molar-refractivity contribution in [1.29, 1.82) is 5.41 Å². The van der Waals surface area contributed by atoms with Crippen molar-refractivity contribution in [3.05, 3.63) is 72.1 Å². The van der Waals surface area contributed by atoms with Crippen molar-refractivity contribution in [2.45, 2.75) is 77.3 Å². The fourth-order valence-electron chi connectivity index (χ4n) is 9.04. The van der Waals surface area contributed by atoms with Gasteiger partial charge in [0, 0.05) is 50.2 Å². The number of piperidine rings is 1. The van der Waals surface area contributed by atoms with Crippen LogP contribution in [0.5, 0.6) is 11.5 Å². The van der Waals surface area contributed by atoms with Crippen molar-refractivity contribution in [2.75, 3.05) is 37.2 Å². The fourth-order valence-corrected chi connectivity index (χ4v) is 9.04. The molecule has 9 nitrogen and oxygen atoms in total. The zero-order valence-electron chi connectivity index (χ0n) is 27.8. The molecular weight excluding hydrogens is 586 g/mol. The molecule has 0 radical (unpaired) electrons. The van der Waals surface area contributed by atoms with Crippen molar-refractivity contribution < 1.29 is 9.53 Å². The van der Waals surface area contributed by atoms with Crippen molar-refractivity contribution in [2.24, 2.45) is 23.2 Å². The normalized spacial score (nSPS) is 26.8. The van der Waals surface area contributed by atoms with E-state index < -0.39 is 0 Å². The van der Waals surface area contributed by atoms with Crippen LogP contribution in [-0.2, 0) is 4.79 Å². The first-order valence-corrected chi connectivity index (χ1v) is 17.5. The first-order chi connectivity index (χ1) is 22.7. The molecule has 7 rings (SSSR count). The van der Waals surface area contributed by atoms with Gasteiger partial charge in [0.2, 0.25) is 5.91 Å². The molecule has 0 spiro atoms. The molecule has 2 aliphatic heterocycles. The number of para-hydroxylation sites is 1. The number of fused-ring (bicyclic) bond motifs is 2. The average Bonchev–Trinajstić information content (AvgIpc) is 3.01. The molecule has 3 heterocycles. The molecule has 1 amide bonds. The van der Waals surface area contributed by atoms with E-state index in [0.29, 0.717) is 34.6 Å². The summed E-state index contributed by atoms with van der Waals surface area (Å²) in [6, 6.07) is 17.7. The van der Waals surface area contributed by atoms with E-state index >= 15 is 0 Å². The van der Waals surface area contributed by atoms with Crippen LogP contribution in [-0.4, -0.2) is 69.6 Å². The Kier molecular flexibility index (Phi) is 8.92. The second kappa shape index (κ2) is 13.3. The lowest BCUT2D eigenvalue weighted by atomic mass is 9.58. The van der Waals surface area contributed by atoms with Crippen LogP contribution in [0.1, 0.15) is 76.3 Å². The highest BCUT2D eigenvalue weighted by molar-refractivity contribution is 6.16. The maximum absolute atomic E-state index is 13.3. The second-order valence-electron chi connectivity index (χ2n) is 15.1. The van der Waals surface area contributed by atoms with Gasteiger partial charge in [0.05, 0.1) is 11.3 Å². The number of hydrogen-bond acceptors (Lipinski definition) is 8. The number of ether oxygens (including phenoxy) is 1. The molecule has 3 aromatic rings. The van der Waals surface area contributed by atoms with Crippen LogP contribution in [0.2, 0.25) is 0 Å². The highest BCUT2D eigenvalue weighted by atomic mass is 16.5. The number of carbonyl (C=O) groups excluding carboxylic acids is 1. The maximum Gasteiger partial charge on any atom is 0.223 e. The first kappa shape index (κ1) is 31.6. The molecule has 1 aromatic heterocycles. The van der Waals surface area contributed by atoms with E-state index in [4.69, 9.17) is 15.9 Å². The van der Waals surface area contributed by atoms with Gasteiger partial charge in [0.15, 0.2) is 0 Å². The average molecular weight is 636 g/mol. The predicted molar refractivity (Wildman–Crippen MR) is 186 cm³/mol. The Morgan fingerprint density at radius 2 is 1.64 bits per heavy atom. The Morgan fingerprint density at radius 1 is 0.979 bits per heavy atom. The number of nitrogens with zero attached hydrogens (tertiary/aromatic N) is 4. The Balaban J connectivity index is 0.898. The number of anilines is 2. The molecule has 2 aliphatic carbocycles. The molecule has 2 bridgehead atoms. The third-order valence-corrected chi connectivity index (χ3v) is 11.1. The standard InChI is InChI=1S/C38H49N7O2/c1-25-16-26-18-27(17-25)20-38(2,19-26)21-33(46)45-22-30(23-45)44-14-12-29(13-15-44)43-37-34(36(40)41-24-42-37)35(39)28-8-10-32(11-9-28)47-31-6-4-3-5-7-31/h3-11,24-27,29-30,39H,12-23H2,1-2H3,(H3,40,41,42,43). The molecular formula is C38H49N7O2. The van der Waals surface area contributed by atoms with Gasteiger partial charge in [-0.15, -0.1) is 0 Å². The SMILES string of the molecule is CC1CC2CC(C1)CC(C)(CC(=O)N1CC(N3CCC(Nc4ncnc(N)c4C(=N)c4ccc(Oc5ccccc5)cc4)CC3)C1)C2. The number of aromatic nitrogens is 2.